The van der Waals surface area contributed by atoms with Gasteiger partial charge in [-0.15, -0.1) is 0 Å². The Bertz CT molecular complexity index is 978. The van der Waals surface area contributed by atoms with Crippen LogP contribution in [0.15, 0.2) is 36.4 Å². The van der Waals surface area contributed by atoms with Crippen LogP contribution in [0.1, 0.15) is 36.5 Å². The van der Waals surface area contributed by atoms with Gasteiger partial charge in [-0.2, -0.15) is 0 Å². The summed E-state index contributed by atoms with van der Waals surface area (Å²) in [7, 11) is 0. The molecule has 3 amide bonds. The Morgan fingerprint density at radius 3 is 2.38 bits per heavy atom. The summed E-state index contributed by atoms with van der Waals surface area (Å²) in [5.74, 6) is -0.182. The summed E-state index contributed by atoms with van der Waals surface area (Å²) in [6.45, 7) is 8.81. The van der Waals surface area contributed by atoms with Crippen molar-refractivity contribution >= 4 is 29.1 Å². The monoisotopic (exact) mass is 437 g/mol. The minimum Gasteiger partial charge on any atom is -0.484 e. The molecule has 7 nitrogen and oxygen atoms in total. The number of hydrogen-bond donors (Lipinski definition) is 2. The number of ether oxygens (including phenoxy) is 1. The summed E-state index contributed by atoms with van der Waals surface area (Å²) < 4.78 is 5.61. The van der Waals surface area contributed by atoms with Crippen molar-refractivity contribution in [1.82, 2.24) is 5.32 Å². The van der Waals surface area contributed by atoms with Gasteiger partial charge in [-0.3, -0.25) is 14.4 Å². The fourth-order valence-corrected chi connectivity index (χ4v) is 3.95. The zero-order valence-electron chi connectivity index (χ0n) is 19.2. The molecule has 1 aliphatic rings. The van der Waals surface area contributed by atoms with E-state index in [-0.39, 0.29) is 36.7 Å². The van der Waals surface area contributed by atoms with Crippen LogP contribution in [0.2, 0.25) is 0 Å². The highest BCUT2D eigenvalue weighted by molar-refractivity contribution is 6.00. The molecule has 0 radical (unpaired) electrons. The van der Waals surface area contributed by atoms with E-state index in [0.29, 0.717) is 24.5 Å². The Morgan fingerprint density at radius 2 is 1.75 bits per heavy atom. The highest BCUT2D eigenvalue weighted by Crippen LogP contribution is 2.27. The predicted octanol–water partition coefficient (Wildman–Crippen LogP) is 3.51. The van der Waals surface area contributed by atoms with Crippen molar-refractivity contribution in [2.75, 3.05) is 29.9 Å². The molecule has 3 rings (SSSR count). The molecule has 2 aromatic rings. The second-order valence-corrected chi connectivity index (χ2v) is 8.30. The first kappa shape index (κ1) is 23.3. The summed E-state index contributed by atoms with van der Waals surface area (Å²) in [4.78, 5) is 38.5. The highest BCUT2D eigenvalue weighted by atomic mass is 16.5. The van der Waals surface area contributed by atoms with E-state index in [9.17, 15) is 14.4 Å². The first-order valence-electron chi connectivity index (χ1n) is 11.0. The van der Waals surface area contributed by atoms with E-state index in [1.54, 1.807) is 29.2 Å². The lowest BCUT2D eigenvalue weighted by Crippen LogP contribution is -2.33. The zero-order valence-corrected chi connectivity index (χ0v) is 19.2. The van der Waals surface area contributed by atoms with Crippen LogP contribution < -0.4 is 20.3 Å². The van der Waals surface area contributed by atoms with Gasteiger partial charge in [-0.1, -0.05) is 24.6 Å². The minimum absolute atomic E-state index is 0.0708. The first-order valence-corrected chi connectivity index (χ1v) is 11.0. The average Bonchev–Trinajstić information content (AvgIpc) is 3.15. The Hall–Kier alpha value is -3.35. The second-order valence-electron chi connectivity index (χ2n) is 8.30. The average molecular weight is 438 g/mol. The standard InChI is InChI=1S/C25H31N3O4/c1-5-10-26-25(31)19-13-23(30)28(14-19)20-6-8-21(9-7-20)32-15-22(29)27-24-17(3)11-16(2)12-18(24)4/h6-9,11-12,19H,5,10,13-15H2,1-4H3,(H,26,31)(H,27,29). The Kier molecular flexibility index (Phi) is 7.51. The second kappa shape index (κ2) is 10.3. The smallest absolute Gasteiger partial charge is 0.262 e. The number of carbonyl (C=O) groups excluding carboxylic acids is 3. The number of anilines is 2. The van der Waals surface area contributed by atoms with Gasteiger partial charge in [0.1, 0.15) is 5.75 Å². The van der Waals surface area contributed by atoms with E-state index in [1.165, 1.54) is 0 Å². The molecular weight excluding hydrogens is 406 g/mol. The topological polar surface area (TPSA) is 87.7 Å². The van der Waals surface area contributed by atoms with Crippen molar-refractivity contribution in [2.24, 2.45) is 5.92 Å². The van der Waals surface area contributed by atoms with E-state index >= 15 is 0 Å². The van der Waals surface area contributed by atoms with Crippen molar-refractivity contribution < 1.29 is 19.1 Å². The molecule has 0 spiro atoms. The molecule has 1 heterocycles. The van der Waals surface area contributed by atoms with Crippen LogP contribution in [0.5, 0.6) is 5.75 Å². The van der Waals surface area contributed by atoms with Crippen LogP contribution in [-0.4, -0.2) is 37.4 Å². The van der Waals surface area contributed by atoms with Gasteiger partial charge in [-0.25, -0.2) is 0 Å². The van der Waals surface area contributed by atoms with Crippen LogP contribution in [-0.2, 0) is 14.4 Å². The molecule has 0 bridgehead atoms. The van der Waals surface area contributed by atoms with Crippen LogP contribution >= 0.6 is 0 Å². The predicted molar refractivity (Wildman–Crippen MR) is 125 cm³/mol. The third-order valence-corrected chi connectivity index (χ3v) is 5.50. The SMILES string of the molecule is CCCNC(=O)C1CC(=O)N(c2ccc(OCC(=O)Nc3c(C)cc(C)cc3C)cc2)C1. The van der Waals surface area contributed by atoms with E-state index in [4.69, 9.17) is 4.74 Å². The lowest BCUT2D eigenvalue weighted by molar-refractivity contribution is -0.126. The summed E-state index contributed by atoms with van der Waals surface area (Å²) >= 11 is 0. The summed E-state index contributed by atoms with van der Waals surface area (Å²) in [5.41, 5.74) is 4.70. The van der Waals surface area contributed by atoms with Gasteiger partial charge in [-0.05, 0) is 62.6 Å². The van der Waals surface area contributed by atoms with Crippen LogP contribution in [0.25, 0.3) is 0 Å². The fraction of sp³-hybridized carbons (Fsp3) is 0.400. The van der Waals surface area contributed by atoms with Gasteiger partial charge in [0.05, 0.1) is 5.92 Å². The number of nitrogens with zero attached hydrogens (tertiary/aromatic N) is 1. The van der Waals surface area contributed by atoms with Gasteiger partial charge < -0.3 is 20.3 Å². The minimum atomic E-state index is -0.331. The highest BCUT2D eigenvalue weighted by Gasteiger charge is 2.34. The number of hydrogen-bond acceptors (Lipinski definition) is 4. The van der Waals surface area contributed by atoms with Gasteiger partial charge in [0.15, 0.2) is 6.61 Å². The number of aryl methyl sites for hydroxylation is 3. The molecule has 7 heteroatoms. The van der Waals surface area contributed by atoms with E-state index < -0.39 is 0 Å². The number of benzene rings is 2. The summed E-state index contributed by atoms with van der Waals surface area (Å²) in [5, 5.41) is 5.77. The van der Waals surface area contributed by atoms with Crippen LogP contribution in [0.4, 0.5) is 11.4 Å². The maximum Gasteiger partial charge on any atom is 0.262 e. The molecule has 2 aromatic carbocycles. The molecule has 170 valence electrons. The van der Waals surface area contributed by atoms with Crippen molar-refractivity contribution in [3.63, 3.8) is 0 Å². The normalized spacial score (nSPS) is 15.6. The summed E-state index contributed by atoms with van der Waals surface area (Å²) in [6.07, 6.45) is 1.08. The van der Waals surface area contributed by atoms with E-state index in [1.807, 2.05) is 39.8 Å². The molecule has 1 unspecified atom stereocenters. The molecule has 1 aliphatic heterocycles. The molecule has 0 aromatic heterocycles. The maximum atomic E-state index is 12.4. The number of nitrogens with one attached hydrogen (secondary N) is 2. The molecule has 1 fully saturated rings. The largest absolute Gasteiger partial charge is 0.484 e. The van der Waals surface area contributed by atoms with Crippen molar-refractivity contribution in [3.05, 3.63) is 53.1 Å². The Balaban J connectivity index is 1.54. The van der Waals surface area contributed by atoms with Gasteiger partial charge in [0.2, 0.25) is 11.8 Å². The lowest BCUT2D eigenvalue weighted by atomic mass is 10.1. The van der Waals surface area contributed by atoms with E-state index in [2.05, 4.69) is 10.6 Å². The van der Waals surface area contributed by atoms with Crippen molar-refractivity contribution in [3.8, 4) is 5.75 Å². The molecule has 1 atom stereocenters. The number of carbonyl (C=O) groups is 3. The van der Waals surface area contributed by atoms with Crippen LogP contribution in [0, 0.1) is 26.7 Å². The van der Waals surface area contributed by atoms with Gasteiger partial charge in [0.25, 0.3) is 5.91 Å². The molecule has 2 N–H and O–H groups in total. The molecular formula is C25H31N3O4. The molecule has 0 aliphatic carbocycles. The lowest BCUT2D eigenvalue weighted by Gasteiger charge is -2.17. The first-order chi connectivity index (χ1) is 15.3. The summed E-state index contributed by atoms with van der Waals surface area (Å²) in [6, 6.07) is 11.0. The Labute approximate surface area is 189 Å². The molecule has 1 saturated heterocycles. The number of amides is 3. The van der Waals surface area contributed by atoms with Crippen LogP contribution in [0.3, 0.4) is 0 Å². The third kappa shape index (κ3) is 5.66. The van der Waals surface area contributed by atoms with Crippen molar-refractivity contribution in [2.45, 2.75) is 40.5 Å². The molecule has 0 saturated carbocycles. The Morgan fingerprint density at radius 1 is 1.09 bits per heavy atom. The number of rotatable bonds is 8. The third-order valence-electron chi connectivity index (χ3n) is 5.50. The van der Waals surface area contributed by atoms with Gasteiger partial charge >= 0.3 is 0 Å². The fourth-order valence-electron chi connectivity index (χ4n) is 3.95. The van der Waals surface area contributed by atoms with Crippen molar-refractivity contribution in [1.29, 1.82) is 0 Å². The van der Waals surface area contributed by atoms with Gasteiger partial charge in [0, 0.05) is 30.9 Å². The molecule has 32 heavy (non-hydrogen) atoms. The maximum absolute atomic E-state index is 12.4. The zero-order chi connectivity index (χ0) is 23.3. The van der Waals surface area contributed by atoms with E-state index in [0.717, 1.165) is 28.8 Å². The quantitative estimate of drug-likeness (QED) is 0.662.